The smallest absolute Gasteiger partial charge is 0.453 e. The first-order valence-electron chi connectivity index (χ1n) is 13.8. The van der Waals surface area contributed by atoms with Gasteiger partial charge in [-0.15, -0.1) is 0 Å². The van der Waals surface area contributed by atoms with E-state index in [1.165, 1.54) is 0 Å². The Morgan fingerprint density at radius 3 is 2.24 bits per heavy atom. The number of hydrogen-bond donors (Lipinski definition) is 2. The molecule has 0 aromatic heterocycles. The fraction of sp³-hybridized carbons (Fsp3) is 0.567. The number of hydrogen-bond acceptors (Lipinski definition) is 5. The summed E-state index contributed by atoms with van der Waals surface area (Å²) >= 11 is 0. The van der Waals surface area contributed by atoms with E-state index in [0.29, 0.717) is 57.3 Å². The molecule has 2 N–H and O–H groups in total. The van der Waals surface area contributed by atoms with Crippen LogP contribution in [-0.2, 0) is 21.0 Å². The van der Waals surface area contributed by atoms with Gasteiger partial charge in [-0.2, -0.15) is 22.0 Å². The van der Waals surface area contributed by atoms with Crippen LogP contribution in [0.1, 0.15) is 81.8 Å². The minimum atomic E-state index is -5.59. The Labute approximate surface area is 239 Å². The molecule has 2 unspecified atom stereocenters. The SMILES string of the molecule is CC1(c2ccc(O)cc2)COc2cc(O)ccc2[C@H]1CCCC(=O)CCCCCS(=O)CCCC(F)(F)C(F)(F)F. The first-order valence-corrected chi connectivity index (χ1v) is 15.3. The summed E-state index contributed by atoms with van der Waals surface area (Å²) in [7, 11) is -1.47. The second-order valence-electron chi connectivity index (χ2n) is 10.9. The number of ether oxygens (including phenoxy) is 1. The van der Waals surface area contributed by atoms with Crippen LogP contribution in [0.3, 0.4) is 0 Å². The van der Waals surface area contributed by atoms with Gasteiger partial charge in [0.15, 0.2) is 0 Å². The van der Waals surface area contributed by atoms with Crippen molar-refractivity contribution in [2.75, 3.05) is 18.1 Å². The highest BCUT2D eigenvalue weighted by molar-refractivity contribution is 7.84. The molecule has 41 heavy (non-hydrogen) atoms. The lowest BCUT2D eigenvalue weighted by atomic mass is 9.66. The van der Waals surface area contributed by atoms with Gasteiger partial charge in [-0.05, 0) is 61.4 Å². The van der Waals surface area contributed by atoms with Crippen LogP contribution in [0.4, 0.5) is 22.0 Å². The highest BCUT2D eigenvalue weighted by Crippen LogP contribution is 2.49. The van der Waals surface area contributed by atoms with E-state index in [4.69, 9.17) is 4.74 Å². The summed E-state index contributed by atoms with van der Waals surface area (Å²) in [4.78, 5) is 12.5. The Hall–Kier alpha value is -2.69. The Bertz CT molecular complexity index is 1180. The lowest BCUT2D eigenvalue weighted by molar-refractivity contribution is -0.284. The van der Waals surface area contributed by atoms with Gasteiger partial charge < -0.3 is 14.9 Å². The van der Waals surface area contributed by atoms with Crippen molar-refractivity contribution < 1.29 is 45.9 Å². The molecule has 0 amide bonds. The zero-order chi connectivity index (χ0) is 30.3. The number of alkyl halides is 5. The monoisotopic (exact) mass is 604 g/mol. The number of phenols is 2. The fourth-order valence-electron chi connectivity index (χ4n) is 5.30. The Morgan fingerprint density at radius 2 is 1.56 bits per heavy atom. The molecule has 11 heteroatoms. The Kier molecular flexibility index (Phi) is 11.2. The third-order valence-corrected chi connectivity index (χ3v) is 9.24. The highest BCUT2D eigenvalue weighted by atomic mass is 32.2. The van der Waals surface area contributed by atoms with Crippen molar-refractivity contribution in [2.45, 2.75) is 88.1 Å². The van der Waals surface area contributed by atoms with Gasteiger partial charge in [0.25, 0.3) is 0 Å². The van der Waals surface area contributed by atoms with Crippen LogP contribution in [0.5, 0.6) is 17.2 Å². The van der Waals surface area contributed by atoms with Crippen molar-refractivity contribution in [3.8, 4) is 17.2 Å². The number of fused-ring (bicyclic) bond motifs is 1. The third kappa shape index (κ3) is 8.90. The van der Waals surface area contributed by atoms with Crippen molar-refractivity contribution in [2.24, 2.45) is 0 Å². The van der Waals surface area contributed by atoms with Gasteiger partial charge >= 0.3 is 12.1 Å². The third-order valence-electron chi connectivity index (χ3n) is 7.75. The molecule has 2 aromatic carbocycles. The largest absolute Gasteiger partial charge is 0.508 e. The number of unbranched alkanes of at least 4 members (excludes halogenated alkanes) is 2. The molecular weight excluding hydrogens is 567 g/mol. The number of benzene rings is 2. The van der Waals surface area contributed by atoms with Crippen LogP contribution in [0.15, 0.2) is 42.5 Å². The van der Waals surface area contributed by atoms with Crippen molar-refractivity contribution in [3.63, 3.8) is 0 Å². The van der Waals surface area contributed by atoms with Gasteiger partial charge in [0.05, 0.1) is 6.61 Å². The second-order valence-corrected chi connectivity index (χ2v) is 12.6. The predicted octanol–water partition coefficient (Wildman–Crippen LogP) is 7.56. The van der Waals surface area contributed by atoms with E-state index >= 15 is 0 Å². The lowest BCUT2D eigenvalue weighted by Gasteiger charge is -2.43. The molecule has 0 fully saturated rings. The van der Waals surface area contributed by atoms with Gasteiger partial charge in [-0.3, -0.25) is 9.00 Å². The summed E-state index contributed by atoms with van der Waals surface area (Å²) in [5.74, 6) is -3.76. The summed E-state index contributed by atoms with van der Waals surface area (Å²) in [5.41, 5.74) is 1.53. The van der Waals surface area contributed by atoms with E-state index in [2.05, 4.69) is 6.92 Å². The topological polar surface area (TPSA) is 83.8 Å². The zero-order valence-electron chi connectivity index (χ0n) is 23.0. The quantitative estimate of drug-likeness (QED) is 0.162. The molecule has 0 saturated heterocycles. The van der Waals surface area contributed by atoms with Crippen LogP contribution in [0.25, 0.3) is 0 Å². The molecule has 0 bridgehead atoms. The standard InChI is InChI=1S/C30H37F5O5S/c1-28(21-10-12-23(37)13-11-21)20-40-27-19-24(38)14-15-25(27)26(28)9-5-8-22(36)7-3-2-4-17-41(39)18-6-16-29(31,32)30(33,34)35/h10-15,19,26,37-38H,2-9,16-18,20H2,1H3/t26-,28?,41?/m1/s1. The first-order chi connectivity index (χ1) is 19.2. The number of carbonyl (C=O) groups excluding carboxylic acids is 1. The highest BCUT2D eigenvalue weighted by Gasteiger charge is 2.56. The summed E-state index contributed by atoms with van der Waals surface area (Å²) < 4.78 is 80.4. The molecule has 228 valence electrons. The van der Waals surface area contributed by atoms with Crippen molar-refractivity contribution in [3.05, 3.63) is 53.6 Å². The number of aromatic hydroxyl groups is 2. The van der Waals surface area contributed by atoms with E-state index in [9.17, 15) is 41.2 Å². The van der Waals surface area contributed by atoms with Crippen molar-refractivity contribution in [1.29, 1.82) is 0 Å². The number of Topliss-reactive ketones (excluding diaryl/α,β-unsaturated/α-hetero) is 1. The van der Waals surface area contributed by atoms with Crippen LogP contribution in [0.2, 0.25) is 0 Å². The Morgan fingerprint density at radius 1 is 0.927 bits per heavy atom. The van der Waals surface area contributed by atoms with Crippen LogP contribution in [0, 0.1) is 0 Å². The Balaban J connectivity index is 1.43. The number of carbonyl (C=O) groups is 1. The number of ketones is 1. The average Bonchev–Trinajstić information content (AvgIpc) is 2.89. The van der Waals surface area contributed by atoms with E-state index in [1.807, 2.05) is 18.2 Å². The normalized spacial score (nSPS) is 19.8. The summed E-state index contributed by atoms with van der Waals surface area (Å²) in [6.45, 7) is 2.46. The van der Waals surface area contributed by atoms with Crippen molar-refractivity contribution in [1.82, 2.24) is 0 Å². The van der Waals surface area contributed by atoms with E-state index in [1.54, 1.807) is 24.3 Å². The zero-order valence-corrected chi connectivity index (χ0v) is 23.8. The maximum atomic E-state index is 12.9. The predicted molar refractivity (Wildman–Crippen MR) is 147 cm³/mol. The maximum absolute atomic E-state index is 12.9. The number of halogens is 5. The molecule has 1 aliphatic heterocycles. The van der Waals surface area contributed by atoms with Crippen molar-refractivity contribution >= 4 is 16.6 Å². The van der Waals surface area contributed by atoms with Gasteiger partial charge in [-0.25, -0.2) is 0 Å². The molecule has 0 saturated carbocycles. The van der Waals surface area contributed by atoms with E-state index < -0.39 is 41.2 Å². The number of phenolic OH excluding ortho intramolecular Hbond substituents is 2. The average molecular weight is 605 g/mol. The van der Waals surface area contributed by atoms with E-state index in [0.717, 1.165) is 11.1 Å². The molecule has 0 radical (unpaired) electrons. The minimum Gasteiger partial charge on any atom is -0.508 e. The fourth-order valence-corrected chi connectivity index (χ4v) is 6.49. The lowest BCUT2D eigenvalue weighted by Crippen LogP contribution is -2.40. The van der Waals surface area contributed by atoms with Gasteiger partial charge in [0.1, 0.15) is 23.0 Å². The second kappa shape index (κ2) is 14.0. The molecule has 0 spiro atoms. The molecule has 3 atom stereocenters. The van der Waals surface area contributed by atoms with Gasteiger partial charge in [0, 0.05) is 59.0 Å². The molecule has 0 aliphatic carbocycles. The number of rotatable bonds is 15. The molecule has 1 heterocycles. The molecule has 2 aromatic rings. The van der Waals surface area contributed by atoms with E-state index in [-0.39, 0.29) is 34.7 Å². The maximum Gasteiger partial charge on any atom is 0.453 e. The molecule has 5 nitrogen and oxygen atoms in total. The molecular formula is C30H37F5O5S. The molecule has 3 rings (SSSR count). The first kappa shape index (κ1) is 32.8. The summed E-state index contributed by atoms with van der Waals surface area (Å²) in [6, 6.07) is 12.1. The van der Waals surface area contributed by atoms with Gasteiger partial charge in [-0.1, -0.05) is 31.5 Å². The molecule has 1 aliphatic rings. The van der Waals surface area contributed by atoms with Gasteiger partial charge in [0.2, 0.25) is 0 Å². The van der Waals surface area contributed by atoms with Crippen LogP contribution in [-0.4, -0.2) is 50.4 Å². The van der Waals surface area contributed by atoms with Crippen LogP contribution >= 0.6 is 0 Å². The minimum absolute atomic E-state index is 0.00949. The summed E-state index contributed by atoms with van der Waals surface area (Å²) in [6.07, 6.45) is -3.62. The van der Waals surface area contributed by atoms with Crippen LogP contribution < -0.4 is 4.74 Å². The summed E-state index contributed by atoms with van der Waals surface area (Å²) in [5, 5.41) is 19.7.